The predicted molar refractivity (Wildman–Crippen MR) is 188 cm³/mol. The Labute approximate surface area is 299 Å². The summed E-state index contributed by atoms with van der Waals surface area (Å²) >= 11 is 0. The number of rotatable bonds is 13. The van der Waals surface area contributed by atoms with Crippen molar-refractivity contribution in [1.82, 2.24) is 25.1 Å². The molecular weight excluding hydrogens is 656 g/mol. The van der Waals surface area contributed by atoms with Gasteiger partial charge in [0.15, 0.2) is 5.82 Å². The zero-order chi connectivity index (χ0) is 36.7. The van der Waals surface area contributed by atoms with Crippen LogP contribution >= 0.6 is 0 Å². The van der Waals surface area contributed by atoms with E-state index in [-0.39, 0.29) is 74.3 Å². The largest absolute Gasteiger partial charge is 0.466 e. The summed E-state index contributed by atoms with van der Waals surface area (Å²) in [5.74, 6) is -0.534. The number of nitrogens with one attached hydrogen (secondary N) is 1. The van der Waals surface area contributed by atoms with Gasteiger partial charge in [-0.1, -0.05) is 43.7 Å². The number of benzene rings is 1. The van der Waals surface area contributed by atoms with Crippen molar-refractivity contribution >= 4 is 35.7 Å². The Morgan fingerprint density at radius 3 is 2.22 bits per heavy atom. The summed E-state index contributed by atoms with van der Waals surface area (Å²) in [5, 5.41) is 2.85. The highest BCUT2D eigenvalue weighted by molar-refractivity contribution is 5.97. The number of carbonyl (C=O) groups is 5. The lowest BCUT2D eigenvalue weighted by Crippen LogP contribution is -2.56. The maximum atomic E-state index is 14.0. The minimum Gasteiger partial charge on any atom is -0.466 e. The highest BCUT2D eigenvalue weighted by atomic mass is 16.6. The van der Waals surface area contributed by atoms with Crippen LogP contribution in [-0.4, -0.2) is 114 Å². The van der Waals surface area contributed by atoms with Crippen molar-refractivity contribution in [2.75, 3.05) is 57.4 Å². The minimum absolute atomic E-state index is 0.00692. The summed E-state index contributed by atoms with van der Waals surface area (Å²) in [6, 6.07) is 9.84. The molecule has 276 valence electrons. The second-order valence-electron chi connectivity index (χ2n) is 14.2. The SMILES string of the molecule is CCCCOC(=O)N1CCN(C(=O)[C@H](CCC(=O)OC(C)(C)C)NC(=O)c2cc(N3CC4C(C3)C4C(=O)OCC)nc(-c3ccccc3)n2)CC1. The number of anilines is 1. The summed E-state index contributed by atoms with van der Waals surface area (Å²) in [5.41, 5.74) is 0.0708. The molecule has 3 fully saturated rings. The Morgan fingerprint density at radius 2 is 1.59 bits per heavy atom. The average molecular weight is 707 g/mol. The van der Waals surface area contributed by atoms with Crippen LogP contribution in [0.4, 0.5) is 10.6 Å². The average Bonchev–Trinajstić information content (AvgIpc) is 3.62. The number of hydrogen-bond acceptors (Lipinski definition) is 11. The van der Waals surface area contributed by atoms with E-state index in [2.05, 4.69) is 10.3 Å². The van der Waals surface area contributed by atoms with Crippen LogP contribution in [0.25, 0.3) is 11.4 Å². The van der Waals surface area contributed by atoms with E-state index in [1.807, 2.05) is 42.2 Å². The molecule has 0 radical (unpaired) electrons. The van der Waals surface area contributed by atoms with Gasteiger partial charge in [0, 0.05) is 57.3 Å². The molecule has 0 bridgehead atoms. The van der Waals surface area contributed by atoms with Crippen molar-refractivity contribution in [2.45, 2.75) is 71.9 Å². The number of carbonyl (C=O) groups excluding carboxylic acids is 5. The molecule has 5 rings (SSSR count). The quantitative estimate of drug-likeness (QED) is 0.184. The monoisotopic (exact) mass is 706 g/mol. The first-order valence-electron chi connectivity index (χ1n) is 18.0. The Bertz CT molecular complexity index is 1560. The second-order valence-corrected chi connectivity index (χ2v) is 14.2. The maximum absolute atomic E-state index is 14.0. The molecule has 3 aliphatic rings. The van der Waals surface area contributed by atoms with Crippen molar-refractivity contribution < 1.29 is 38.2 Å². The number of piperidine rings is 1. The molecule has 2 aliphatic heterocycles. The first kappa shape index (κ1) is 37.5. The van der Waals surface area contributed by atoms with E-state index >= 15 is 0 Å². The van der Waals surface area contributed by atoms with Gasteiger partial charge in [-0.3, -0.25) is 19.2 Å². The van der Waals surface area contributed by atoms with E-state index in [1.54, 1.807) is 43.6 Å². The van der Waals surface area contributed by atoms with E-state index in [1.165, 1.54) is 0 Å². The van der Waals surface area contributed by atoms with E-state index in [9.17, 15) is 24.0 Å². The van der Waals surface area contributed by atoms with E-state index in [0.717, 1.165) is 12.8 Å². The van der Waals surface area contributed by atoms with Crippen LogP contribution in [0.5, 0.6) is 0 Å². The predicted octanol–water partition coefficient (Wildman–Crippen LogP) is 3.69. The third-order valence-corrected chi connectivity index (χ3v) is 9.29. The van der Waals surface area contributed by atoms with Crippen molar-refractivity contribution in [3.63, 3.8) is 0 Å². The van der Waals surface area contributed by atoms with Gasteiger partial charge in [0.05, 0.1) is 19.1 Å². The third kappa shape index (κ3) is 9.73. The lowest BCUT2D eigenvalue weighted by molar-refractivity contribution is -0.155. The number of esters is 2. The highest BCUT2D eigenvalue weighted by Gasteiger charge is 2.60. The summed E-state index contributed by atoms with van der Waals surface area (Å²) in [4.78, 5) is 80.1. The van der Waals surface area contributed by atoms with Crippen molar-refractivity contribution in [2.24, 2.45) is 17.8 Å². The molecule has 1 aromatic carbocycles. The van der Waals surface area contributed by atoms with Crippen molar-refractivity contribution in [1.29, 1.82) is 0 Å². The molecule has 14 heteroatoms. The molecule has 1 saturated carbocycles. The number of hydrogen-bond donors (Lipinski definition) is 1. The number of fused-ring (bicyclic) bond motifs is 1. The van der Waals surface area contributed by atoms with Gasteiger partial charge >= 0.3 is 18.0 Å². The molecule has 1 aromatic heterocycles. The number of nitrogens with zero attached hydrogens (tertiary/aromatic N) is 5. The molecule has 0 spiro atoms. The van der Waals surface area contributed by atoms with Gasteiger partial charge in [0.25, 0.3) is 5.91 Å². The molecule has 1 aliphatic carbocycles. The first-order chi connectivity index (χ1) is 24.4. The van der Waals surface area contributed by atoms with Gasteiger partial charge in [-0.2, -0.15) is 0 Å². The fourth-order valence-corrected chi connectivity index (χ4v) is 6.60. The Kier molecular flexibility index (Phi) is 12.1. The van der Waals surface area contributed by atoms with Gasteiger partial charge in [-0.05, 0) is 52.4 Å². The van der Waals surface area contributed by atoms with Gasteiger partial charge in [-0.25, -0.2) is 14.8 Å². The number of ether oxygens (including phenoxy) is 3. The summed E-state index contributed by atoms with van der Waals surface area (Å²) < 4.78 is 16.1. The van der Waals surface area contributed by atoms with E-state index in [0.29, 0.717) is 43.5 Å². The van der Waals surface area contributed by atoms with Crippen LogP contribution in [0.1, 0.15) is 70.8 Å². The molecule has 14 nitrogen and oxygen atoms in total. The molecule has 2 aromatic rings. The first-order valence-corrected chi connectivity index (χ1v) is 18.0. The zero-order valence-electron chi connectivity index (χ0n) is 30.3. The van der Waals surface area contributed by atoms with Crippen LogP contribution in [0.2, 0.25) is 0 Å². The molecule has 3 heterocycles. The smallest absolute Gasteiger partial charge is 0.409 e. The van der Waals surface area contributed by atoms with Gasteiger partial charge in [0.1, 0.15) is 23.2 Å². The van der Waals surface area contributed by atoms with Crippen LogP contribution in [0.3, 0.4) is 0 Å². The number of unbranched alkanes of at least 4 members (excludes halogenated alkanes) is 1. The van der Waals surface area contributed by atoms with Crippen LogP contribution < -0.4 is 10.2 Å². The van der Waals surface area contributed by atoms with Crippen LogP contribution in [-0.2, 0) is 28.6 Å². The topological polar surface area (TPSA) is 161 Å². The lowest BCUT2D eigenvalue weighted by Gasteiger charge is -2.36. The van der Waals surface area contributed by atoms with Crippen LogP contribution in [0, 0.1) is 17.8 Å². The maximum Gasteiger partial charge on any atom is 0.409 e. The van der Waals surface area contributed by atoms with E-state index in [4.69, 9.17) is 19.2 Å². The molecule has 1 N–H and O–H groups in total. The Hall–Kier alpha value is -4.75. The molecule has 3 atom stereocenters. The van der Waals surface area contributed by atoms with Gasteiger partial charge in [-0.15, -0.1) is 0 Å². The Balaban J connectivity index is 1.33. The highest BCUT2D eigenvalue weighted by Crippen LogP contribution is 2.53. The normalized spacial score (nSPS) is 20.3. The summed E-state index contributed by atoms with van der Waals surface area (Å²) in [6.45, 7) is 12.0. The molecule has 51 heavy (non-hydrogen) atoms. The molecular formula is C37H50N6O8. The molecule has 2 unspecified atom stereocenters. The summed E-state index contributed by atoms with van der Waals surface area (Å²) in [6.07, 6.45) is 1.18. The zero-order valence-corrected chi connectivity index (χ0v) is 30.3. The van der Waals surface area contributed by atoms with Crippen molar-refractivity contribution in [3.05, 3.63) is 42.1 Å². The summed E-state index contributed by atoms with van der Waals surface area (Å²) in [7, 11) is 0. The number of aromatic nitrogens is 2. The number of piperazine rings is 1. The lowest BCUT2D eigenvalue weighted by atomic mass is 10.1. The molecule has 2 saturated heterocycles. The second kappa shape index (κ2) is 16.5. The van der Waals surface area contributed by atoms with Gasteiger partial charge < -0.3 is 34.2 Å². The minimum atomic E-state index is -1.06. The van der Waals surface area contributed by atoms with Crippen molar-refractivity contribution in [3.8, 4) is 11.4 Å². The molecule has 3 amide bonds. The fraction of sp³-hybridized carbons (Fsp3) is 0.595. The third-order valence-electron chi connectivity index (χ3n) is 9.29. The fourth-order valence-electron chi connectivity index (χ4n) is 6.60. The van der Waals surface area contributed by atoms with E-state index < -0.39 is 29.6 Å². The standard InChI is InChI=1S/C37H50N6O8/c1-6-8-20-50-36(48)42-18-16-41(17-19-42)34(46)27(14-15-30(44)51-37(3,4)5)39-33(45)28-21-29(40-32(38-28)24-12-10-9-11-13-24)43-22-25-26(23-43)31(25)35(47)49-7-2/h9-13,21,25-27,31H,6-8,14-20,22-23H2,1-5H3,(H,39,45)/t25?,26?,27-,31?/m0/s1. The van der Waals surface area contributed by atoms with Crippen LogP contribution in [0.15, 0.2) is 36.4 Å². The number of amides is 3. The van der Waals surface area contributed by atoms with Gasteiger partial charge in [0.2, 0.25) is 5.91 Å². The Morgan fingerprint density at radius 1 is 0.922 bits per heavy atom.